The number of carbonyl (C=O) groups excluding carboxylic acids is 1. The average Bonchev–Trinajstić information content (AvgIpc) is 2.93. The third-order valence-electron chi connectivity index (χ3n) is 6.18. The monoisotopic (exact) mass is 582 g/mol. The minimum Gasteiger partial charge on any atom is -1.00 e. The van der Waals surface area contributed by atoms with Crippen molar-refractivity contribution in [3.8, 4) is 23.0 Å². The SMILES string of the molecule is COc1ccc(Cc2c3cc(OC)c(OC)cc3cc[n+]2CC(=O)c2ccccc2[N+](=O)[O-])cc1OC.[Br-]. The topological polar surface area (TPSA) is 101 Å². The maximum Gasteiger partial charge on any atom is 0.280 e. The lowest BCUT2D eigenvalue weighted by atomic mass is 10.0. The van der Waals surface area contributed by atoms with Gasteiger partial charge in [-0.3, -0.25) is 14.9 Å². The predicted molar refractivity (Wildman–Crippen MR) is 137 cm³/mol. The number of Topliss-reactive ketones (excluding diaryl/α,β-unsaturated/α-hetero) is 1. The summed E-state index contributed by atoms with van der Waals surface area (Å²) < 4.78 is 23.6. The van der Waals surface area contributed by atoms with Crippen LogP contribution in [0.15, 0.2) is 66.9 Å². The molecule has 198 valence electrons. The number of ether oxygens (including phenoxy) is 4. The van der Waals surface area contributed by atoms with Crippen molar-refractivity contribution in [2.45, 2.75) is 13.0 Å². The van der Waals surface area contributed by atoms with Gasteiger partial charge in [0, 0.05) is 12.1 Å². The molecule has 0 saturated carbocycles. The zero-order valence-corrected chi connectivity index (χ0v) is 23.0. The molecule has 38 heavy (non-hydrogen) atoms. The van der Waals surface area contributed by atoms with Crippen molar-refractivity contribution in [1.82, 2.24) is 0 Å². The quantitative estimate of drug-likeness (QED) is 0.121. The second-order valence-corrected chi connectivity index (χ2v) is 8.25. The number of nitro benzene ring substituents is 1. The number of para-hydroxylation sites is 1. The third kappa shape index (κ3) is 5.70. The molecule has 0 amide bonds. The van der Waals surface area contributed by atoms with Crippen LogP contribution in [0.5, 0.6) is 23.0 Å². The van der Waals surface area contributed by atoms with Gasteiger partial charge in [-0.15, -0.1) is 0 Å². The molecule has 0 saturated heterocycles. The number of pyridine rings is 1. The number of methoxy groups -OCH3 is 4. The van der Waals surface area contributed by atoms with E-state index >= 15 is 0 Å². The van der Waals surface area contributed by atoms with Gasteiger partial charge in [-0.25, -0.2) is 0 Å². The predicted octanol–water partition coefficient (Wildman–Crippen LogP) is 1.55. The first-order chi connectivity index (χ1) is 17.9. The molecule has 1 aromatic heterocycles. The first-order valence-corrected chi connectivity index (χ1v) is 11.4. The molecule has 0 N–H and O–H groups in total. The Morgan fingerprint density at radius 3 is 2.13 bits per heavy atom. The van der Waals surface area contributed by atoms with Gasteiger partial charge in [0.1, 0.15) is 5.56 Å². The summed E-state index contributed by atoms with van der Waals surface area (Å²) in [6.07, 6.45) is 2.24. The van der Waals surface area contributed by atoms with Crippen LogP contribution in [0, 0.1) is 10.1 Å². The van der Waals surface area contributed by atoms with Crippen molar-refractivity contribution in [2.24, 2.45) is 0 Å². The summed E-state index contributed by atoms with van der Waals surface area (Å²) in [6.45, 7) is -0.0856. The van der Waals surface area contributed by atoms with Gasteiger partial charge in [0.25, 0.3) is 5.69 Å². The standard InChI is InChI=1S/C28H27N2O7.BrH/c1-34-25-10-9-18(14-26(25)35-2)13-23-21-16-28(37-4)27(36-3)15-19(21)11-12-29(23)17-24(31)20-7-5-6-8-22(20)30(32)33;/h5-12,14-16H,13,17H2,1-4H3;1H/q+1;/p-1. The fraction of sp³-hybridized carbons (Fsp3) is 0.214. The zero-order chi connectivity index (χ0) is 26.5. The van der Waals surface area contributed by atoms with Gasteiger partial charge in [0.05, 0.1) is 45.2 Å². The fourth-order valence-corrected chi connectivity index (χ4v) is 4.33. The number of nitrogens with zero attached hydrogens (tertiary/aromatic N) is 2. The highest BCUT2D eigenvalue weighted by atomic mass is 79.9. The van der Waals surface area contributed by atoms with Gasteiger partial charge < -0.3 is 35.9 Å². The van der Waals surface area contributed by atoms with E-state index in [4.69, 9.17) is 18.9 Å². The number of ketones is 1. The molecule has 1 heterocycles. The van der Waals surface area contributed by atoms with Gasteiger partial charge >= 0.3 is 0 Å². The van der Waals surface area contributed by atoms with E-state index in [1.165, 1.54) is 12.1 Å². The Morgan fingerprint density at radius 1 is 0.842 bits per heavy atom. The summed E-state index contributed by atoms with van der Waals surface area (Å²) in [6, 6.07) is 17.2. The Morgan fingerprint density at radius 2 is 1.47 bits per heavy atom. The van der Waals surface area contributed by atoms with E-state index in [0.717, 1.165) is 22.0 Å². The number of hydrogen-bond acceptors (Lipinski definition) is 7. The van der Waals surface area contributed by atoms with Crippen molar-refractivity contribution in [1.29, 1.82) is 0 Å². The van der Waals surface area contributed by atoms with Crippen molar-refractivity contribution < 1.29 is 50.2 Å². The first kappa shape index (κ1) is 28.4. The number of nitro groups is 1. The third-order valence-corrected chi connectivity index (χ3v) is 6.18. The van der Waals surface area contributed by atoms with E-state index in [1.807, 2.05) is 41.0 Å². The van der Waals surface area contributed by atoms with Crippen molar-refractivity contribution in [3.05, 3.63) is 93.8 Å². The van der Waals surface area contributed by atoms with Gasteiger partial charge in [-0.2, -0.15) is 4.57 Å². The lowest BCUT2D eigenvalue weighted by molar-refractivity contribution is -0.688. The summed E-state index contributed by atoms with van der Waals surface area (Å²) in [5.41, 5.74) is 1.58. The normalized spacial score (nSPS) is 10.4. The molecule has 0 aliphatic rings. The zero-order valence-electron chi connectivity index (χ0n) is 21.4. The van der Waals surface area contributed by atoms with Crippen molar-refractivity contribution >= 4 is 22.2 Å². The van der Waals surface area contributed by atoms with Crippen LogP contribution in [-0.4, -0.2) is 39.1 Å². The number of benzene rings is 3. The van der Waals surface area contributed by atoms with Crippen LogP contribution >= 0.6 is 0 Å². The fourth-order valence-electron chi connectivity index (χ4n) is 4.33. The summed E-state index contributed by atoms with van der Waals surface area (Å²) >= 11 is 0. The molecule has 0 radical (unpaired) electrons. The Labute approximate surface area is 230 Å². The molecule has 0 fully saturated rings. The van der Waals surface area contributed by atoms with E-state index in [2.05, 4.69) is 0 Å². The van der Waals surface area contributed by atoms with Crippen LogP contribution in [0.2, 0.25) is 0 Å². The van der Waals surface area contributed by atoms with E-state index in [-0.39, 0.29) is 40.6 Å². The molecule has 0 atom stereocenters. The maximum absolute atomic E-state index is 13.3. The van der Waals surface area contributed by atoms with Gasteiger partial charge in [-0.1, -0.05) is 18.2 Å². The summed E-state index contributed by atoms with van der Waals surface area (Å²) in [5, 5.41) is 13.2. The van der Waals surface area contributed by atoms with Crippen molar-refractivity contribution in [3.63, 3.8) is 0 Å². The lowest BCUT2D eigenvalue weighted by Crippen LogP contribution is -3.00. The van der Waals surface area contributed by atoms with Crippen molar-refractivity contribution in [2.75, 3.05) is 28.4 Å². The molecular weight excluding hydrogens is 556 g/mol. The summed E-state index contributed by atoms with van der Waals surface area (Å²) in [4.78, 5) is 24.2. The lowest BCUT2D eigenvalue weighted by Gasteiger charge is -2.13. The maximum atomic E-state index is 13.3. The Bertz CT molecular complexity index is 1490. The second-order valence-electron chi connectivity index (χ2n) is 8.25. The molecule has 0 spiro atoms. The molecule has 4 rings (SSSR count). The number of rotatable bonds is 10. The number of aromatic nitrogens is 1. The largest absolute Gasteiger partial charge is 1.00 e. The van der Waals surface area contributed by atoms with E-state index in [1.54, 1.807) is 46.8 Å². The number of fused-ring (bicyclic) bond motifs is 1. The van der Waals surface area contributed by atoms with Gasteiger partial charge in [0.15, 0.2) is 34.9 Å². The number of halogens is 1. The van der Waals surface area contributed by atoms with Crippen LogP contribution < -0.4 is 40.5 Å². The average molecular weight is 583 g/mol. The van der Waals surface area contributed by atoms with Crippen LogP contribution in [0.3, 0.4) is 0 Å². The van der Waals surface area contributed by atoms with E-state index in [0.29, 0.717) is 29.4 Å². The molecule has 0 bridgehead atoms. The van der Waals surface area contributed by atoms with Crippen LogP contribution in [0.1, 0.15) is 21.6 Å². The first-order valence-electron chi connectivity index (χ1n) is 11.4. The molecule has 4 aromatic rings. The van der Waals surface area contributed by atoms with Gasteiger partial charge in [-0.05, 0) is 41.3 Å². The molecule has 10 heteroatoms. The van der Waals surface area contributed by atoms with Crippen LogP contribution in [-0.2, 0) is 13.0 Å². The highest BCUT2D eigenvalue weighted by Gasteiger charge is 2.26. The molecular formula is C28H27BrN2O7. The van der Waals surface area contributed by atoms with Gasteiger partial charge in [0.2, 0.25) is 12.3 Å². The highest BCUT2D eigenvalue weighted by molar-refractivity contribution is 5.99. The summed E-state index contributed by atoms with van der Waals surface area (Å²) in [7, 11) is 6.28. The second kappa shape index (κ2) is 12.4. The minimum absolute atomic E-state index is 0. The number of carbonyl (C=O) groups is 1. The molecule has 9 nitrogen and oxygen atoms in total. The highest BCUT2D eigenvalue weighted by Crippen LogP contribution is 2.34. The van der Waals surface area contributed by atoms with Crippen LogP contribution in [0.4, 0.5) is 5.69 Å². The molecule has 0 unspecified atom stereocenters. The molecule has 3 aromatic carbocycles. The van der Waals surface area contributed by atoms with Crippen LogP contribution in [0.25, 0.3) is 10.8 Å². The Kier molecular flexibility index (Phi) is 9.25. The molecule has 0 aliphatic carbocycles. The molecule has 0 aliphatic heterocycles. The minimum atomic E-state index is -0.542. The smallest absolute Gasteiger partial charge is 0.280 e. The number of hydrogen-bond donors (Lipinski definition) is 0. The Balaban J connectivity index is 0.00000400. The van der Waals surface area contributed by atoms with E-state index < -0.39 is 4.92 Å². The summed E-state index contributed by atoms with van der Waals surface area (Å²) in [5.74, 6) is 1.95. The Hall–Kier alpha value is -4.18. The van der Waals surface area contributed by atoms with E-state index in [9.17, 15) is 14.9 Å².